The first kappa shape index (κ1) is 40.4. The van der Waals surface area contributed by atoms with E-state index in [1.54, 1.807) is 20.8 Å². The van der Waals surface area contributed by atoms with Gasteiger partial charge in [-0.1, -0.05) is 67.5 Å². The van der Waals surface area contributed by atoms with Crippen LogP contribution in [0.25, 0.3) is 22.0 Å². The number of carboxylic acids is 1. The number of aromatic amines is 1. The van der Waals surface area contributed by atoms with Crippen LogP contribution >= 0.6 is 22.6 Å². The second-order valence-corrected chi connectivity index (χ2v) is 22.3. The first-order valence-electron chi connectivity index (χ1n) is 17.0. The van der Waals surface area contributed by atoms with Crippen LogP contribution in [0.5, 0.6) is 5.75 Å². The van der Waals surface area contributed by atoms with Gasteiger partial charge < -0.3 is 29.3 Å². The summed E-state index contributed by atoms with van der Waals surface area (Å²) in [4.78, 5) is 40.1. The Kier molecular flexibility index (Phi) is 13.1. The second kappa shape index (κ2) is 15.9. The molecule has 0 saturated heterocycles. The molecule has 11 heteroatoms. The molecule has 9 nitrogen and oxygen atoms in total. The molecule has 270 valence electrons. The lowest BCUT2D eigenvalue weighted by Gasteiger charge is -2.42. The first-order valence-corrected chi connectivity index (χ1v) is 20.3. The highest BCUT2D eigenvalue weighted by Crippen LogP contribution is 2.44. The van der Waals surface area contributed by atoms with Gasteiger partial charge in [0.25, 0.3) is 8.32 Å². The van der Waals surface area contributed by atoms with Crippen LogP contribution < -0.4 is 9.74 Å². The summed E-state index contributed by atoms with van der Waals surface area (Å²) in [6.45, 7) is 24.5. The van der Waals surface area contributed by atoms with Gasteiger partial charge in [-0.05, 0) is 113 Å². The van der Waals surface area contributed by atoms with Gasteiger partial charge >= 0.3 is 18.0 Å². The van der Waals surface area contributed by atoms with E-state index in [1.807, 2.05) is 12.1 Å². The number of aromatic nitrogens is 1. The van der Waals surface area contributed by atoms with Crippen molar-refractivity contribution < 1.29 is 33.4 Å². The molecule has 1 aromatic heterocycles. The molecule has 1 heterocycles. The zero-order valence-electron chi connectivity index (χ0n) is 31.2. The fourth-order valence-electron chi connectivity index (χ4n) is 6.84. The van der Waals surface area contributed by atoms with Crippen molar-refractivity contribution in [1.29, 1.82) is 0 Å². The minimum atomic E-state index is -2.37. The Morgan fingerprint density at radius 3 is 2.06 bits per heavy atom. The molecule has 0 radical (unpaired) electrons. The van der Waals surface area contributed by atoms with E-state index in [-0.39, 0.29) is 17.8 Å². The number of carbonyl (C=O) groups excluding carboxylic acids is 2. The summed E-state index contributed by atoms with van der Waals surface area (Å²) in [5, 5.41) is 13.7. The number of fused-ring (bicyclic) bond motifs is 1. The summed E-state index contributed by atoms with van der Waals surface area (Å²) in [6, 6.07) is 11.0. The number of hydrogen-bond donors (Lipinski definition) is 3. The van der Waals surface area contributed by atoms with Crippen molar-refractivity contribution in [3.63, 3.8) is 0 Å². The van der Waals surface area contributed by atoms with Gasteiger partial charge in [0.1, 0.15) is 17.4 Å². The molecule has 1 atom stereocenters. The van der Waals surface area contributed by atoms with Crippen LogP contribution in [0.3, 0.4) is 0 Å². The van der Waals surface area contributed by atoms with Crippen molar-refractivity contribution in [3.05, 3.63) is 51.2 Å². The molecule has 0 aliphatic heterocycles. The van der Waals surface area contributed by atoms with Crippen molar-refractivity contribution in [2.75, 3.05) is 6.61 Å². The topological polar surface area (TPSA) is 127 Å². The smallest absolute Gasteiger partial charge is 0.408 e. The minimum Gasteiger partial charge on any atom is -0.543 e. The van der Waals surface area contributed by atoms with Gasteiger partial charge in [-0.15, -0.1) is 0 Å². The number of esters is 1. The average molecular weight is 807 g/mol. The lowest BCUT2D eigenvalue weighted by molar-refractivity contribution is -0.144. The van der Waals surface area contributed by atoms with Crippen LogP contribution in [-0.2, 0) is 31.9 Å². The van der Waals surface area contributed by atoms with Crippen molar-refractivity contribution in [1.82, 2.24) is 10.3 Å². The van der Waals surface area contributed by atoms with Crippen molar-refractivity contribution in [2.45, 2.75) is 124 Å². The molecule has 0 saturated carbocycles. The predicted octanol–water partition coefficient (Wildman–Crippen LogP) is 9.65. The number of nitrogens with one attached hydrogen (secondary N) is 2. The summed E-state index contributed by atoms with van der Waals surface area (Å²) in [5.74, 6) is -0.755. The Morgan fingerprint density at radius 1 is 0.918 bits per heavy atom. The van der Waals surface area contributed by atoms with Crippen LogP contribution in [-0.4, -0.2) is 54.7 Å². The highest BCUT2D eigenvalue weighted by Gasteiger charge is 2.47. The highest BCUT2D eigenvalue weighted by molar-refractivity contribution is 14.1. The van der Waals surface area contributed by atoms with Gasteiger partial charge in [-0.25, -0.2) is 9.59 Å². The van der Waals surface area contributed by atoms with E-state index in [2.05, 4.69) is 113 Å². The molecule has 3 rings (SSSR count). The second-order valence-electron chi connectivity index (χ2n) is 15.8. The van der Waals surface area contributed by atoms with Gasteiger partial charge in [0.2, 0.25) is 0 Å². The number of alkyl carbamates (subject to hydrolysis) is 1. The van der Waals surface area contributed by atoms with E-state index in [4.69, 9.17) is 13.9 Å². The summed E-state index contributed by atoms with van der Waals surface area (Å²) in [7, 11) is -2.37. The number of hydrogen-bond acceptors (Lipinski definition) is 6. The SMILES string of the molecule is CC(=O)OCC(C)(C)Cc1c(I)[nH]c2ccc(-c3cc(C[C@H](NC(=O)OC(C)(C)C)C(=O)O)cc(O[Si](C(C)C)(C(C)C)C(C)C)c3)cc12. The molecule has 0 bridgehead atoms. The number of amides is 1. The molecule has 1 amide bonds. The quantitative estimate of drug-likeness (QED) is 0.0842. The standard InChI is InChI=1S/C38H55IN2O7Si/c1-22(2)49(23(3)4,24(5)6)48-29-16-26(17-33(35(43)44)41-36(45)47-37(8,9)10)15-28(18-29)27-13-14-32-30(19-27)31(34(39)40-32)20-38(11,12)21-46-25(7)42/h13-16,18-19,22-24,33,40H,17,20-21H2,1-12H3,(H,41,45)(H,43,44)/t33-/m0/s1. The number of carbonyl (C=O) groups is 3. The zero-order valence-corrected chi connectivity index (χ0v) is 34.3. The molecule has 2 aromatic carbocycles. The fourth-order valence-corrected chi connectivity index (χ4v) is 12.8. The third kappa shape index (κ3) is 10.5. The van der Waals surface area contributed by atoms with E-state index in [9.17, 15) is 19.5 Å². The van der Waals surface area contributed by atoms with E-state index < -0.39 is 32.0 Å². The Bertz CT molecular complexity index is 1630. The maximum absolute atomic E-state index is 12.6. The number of carboxylic acid groups (broad SMARTS) is 1. The van der Waals surface area contributed by atoms with Crippen LogP contribution in [0.1, 0.15) is 94.2 Å². The van der Waals surface area contributed by atoms with Crippen LogP contribution in [0.15, 0.2) is 36.4 Å². The van der Waals surface area contributed by atoms with E-state index in [0.717, 1.165) is 36.9 Å². The molecule has 3 aromatic rings. The van der Waals surface area contributed by atoms with Crippen molar-refractivity contribution >= 4 is 59.8 Å². The van der Waals surface area contributed by atoms with E-state index >= 15 is 0 Å². The van der Waals surface area contributed by atoms with Gasteiger partial charge in [0.15, 0.2) is 0 Å². The average Bonchev–Trinajstić information content (AvgIpc) is 3.26. The normalized spacial score (nSPS) is 13.2. The summed E-state index contributed by atoms with van der Waals surface area (Å²) in [6.07, 6.45) is -0.0497. The molecule has 0 unspecified atom stereocenters. The maximum Gasteiger partial charge on any atom is 0.408 e. The third-order valence-electron chi connectivity index (χ3n) is 8.91. The number of aliphatic carboxylic acids is 1. The summed E-state index contributed by atoms with van der Waals surface area (Å²) >= 11 is 2.32. The molecule has 0 aliphatic carbocycles. The molecular formula is C38H55IN2O7Si. The maximum atomic E-state index is 12.6. The summed E-state index contributed by atoms with van der Waals surface area (Å²) < 4.78 is 18.9. The van der Waals surface area contributed by atoms with Crippen molar-refractivity contribution in [2.24, 2.45) is 5.41 Å². The van der Waals surface area contributed by atoms with E-state index in [1.165, 1.54) is 6.92 Å². The van der Waals surface area contributed by atoms with Gasteiger partial charge in [0.05, 0.1) is 10.3 Å². The van der Waals surface area contributed by atoms with Crippen molar-refractivity contribution in [3.8, 4) is 16.9 Å². The molecule has 3 N–H and O–H groups in total. The minimum absolute atomic E-state index is 0.0399. The van der Waals surface area contributed by atoms with Gasteiger partial charge in [0, 0.05) is 29.7 Å². The molecule has 49 heavy (non-hydrogen) atoms. The number of halogens is 1. The lowest BCUT2D eigenvalue weighted by atomic mass is 9.86. The Balaban J connectivity index is 2.17. The number of H-pyrrole nitrogens is 1. The number of ether oxygens (including phenoxy) is 2. The molecular weight excluding hydrogens is 751 g/mol. The van der Waals surface area contributed by atoms with Crippen LogP contribution in [0, 0.1) is 9.12 Å². The molecule has 0 aliphatic rings. The first-order chi connectivity index (χ1) is 22.5. The molecule has 0 fully saturated rings. The lowest BCUT2D eigenvalue weighted by Crippen LogP contribution is -2.50. The monoisotopic (exact) mass is 806 g/mol. The van der Waals surface area contributed by atoms with Crippen LogP contribution in [0.4, 0.5) is 4.79 Å². The Morgan fingerprint density at radius 2 is 1.53 bits per heavy atom. The fraction of sp³-hybridized carbons (Fsp3) is 0.553. The third-order valence-corrected chi connectivity index (χ3v) is 15.8. The Labute approximate surface area is 306 Å². The largest absolute Gasteiger partial charge is 0.543 e. The molecule has 0 spiro atoms. The number of rotatable bonds is 14. The van der Waals surface area contributed by atoms with Crippen LogP contribution in [0.2, 0.25) is 16.6 Å². The predicted molar refractivity (Wildman–Crippen MR) is 207 cm³/mol. The number of benzene rings is 2. The highest BCUT2D eigenvalue weighted by atomic mass is 127. The van der Waals surface area contributed by atoms with E-state index in [0.29, 0.717) is 35.4 Å². The summed E-state index contributed by atoms with van der Waals surface area (Å²) in [5.41, 5.74) is 4.63. The zero-order chi connectivity index (χ0) is 37.1. The van der Waals surface area contributed by atoms with Gasteiger partial charge in [-0.3, -0.25) is 4.79 Å². The Hall–Kier alpha value is -3.06. The van der Waals surface area contributed by atoms with Gasteiger partial charge in [-0.2, -0.15) is 0 Å².